The van der Waals surface area contributed by atoms with E-state index in [1.807, 2.05) is 24.0 Å². The Morgan fingerprint density at radius 3 is 3.04 bits per heavy atom. The number of nitrogens with one attached hydrogen (secondary N) is 1. The third kappa shape index (κ3) is 2.48. The molecule has 0 saturated carbocycles. The molecule has 24 heavy (non-hydrogen) atoms. The molecule has 3 aromatic rings. The van der Waals surface area contributed by atoms with Crippen LogP contribution < -0.4 is 0 Å². The minimum absolute atomic E-state index is 0.0699. The zero-order valence-electron chi connectivity index (χ0n) is 14.0. The quantitative estimate of drug-likeness (QED) is 0.788. The van der Waals surface area contributed by atoms with E-state index >= 15 is 0 Å². The summed E-state index contributed by atoms with van der Waals surface area (Å²) in [6, 6.07) is 6.14. The number of fused-ring (bicyclic) bond motifs is 1. The molecule has 0 aromatic carbocycles. The van der Waals surface area contributed by atoms with Gasteiger partial charge in [0, 0.05) is 36.6 Å². The Morgan fingerprint density at radius 2 is 2.25 bits per heavy atom. The number of hydrogen-bond acceptors (Lipinski definition) is 3. The van der Waals surface area contributed by atoms with Gasteiger partial charge in [0.15, 0.2) is 0 Å². The Bertz CT molecular complexity index is 894. The number of carbonyl (C=O) groups excluding carboxylic acids is 1. The van der Waals surface area contributed by atoms with E-state index in [1.54, 1.807) is 12.4 Å². The van der Waals surface area contributed by atoms with Gasteiger partial charge in [0.05, 0.1) is 17.3 Å². The van der Waals surface area contributed by atoms with Crippen molar-refractivity contribution < 1.29 is 4.79 Å². The lowest BCUT2D eigenvalue weighted by atomic mass is 10.0. The smallest absolute Gasteiger partial charge is 0.256 e. The van der Waals surface area contributed by atoms with Gasteiger partial charge in [-0.25, -0.2) is 4.98 Å². The SMILES string of the molecule is Cc1cc(C)n(C2CCCN(C(=O)c3c[nH]c4ncccc34)C2)n1. The topological polar surface area (TPSA) is 66.8 Å². The number of aromatic amines is 1. The Labute approximate surface area is 140 Å². The van der Waals surface area contributed by atoms with E-state index in [1.165, 1.54) is 0 Å². The highest BCUT2D eigenvalue weighted by Gasteiger charge is 2.28. The molecule has 124 valence electrons. The number of pyridine rings is 1. The lowest BCUT2D eigenvalue weighted by Crippen LogP contribution is -2.41. The van der Waals surface area contributed by atoms with E-state index < -0.39 is 0 Å². The summed E-state index contributed by atoms with van der Waals surface area (Å²) in [4.78, 5) is 22.3. The minimum Gasteiger partial charge on any atom is -0.345 e. The van der Waals surface area contributed by atoms with Crippen molar-refractivity contribution in [3.8, 4) is 0 Å². The summed E-state index contributed by atoms with van der Waals surface area (Å²) in [5.74, 6) is 0.0699. The molecule has 1 N–H and O–H groups in total. The van der Waals surface area contributed by atoms with Gasteiger partial charge < -0.3 is 9.88 Å². The maximum Gasteiger partial charge on any atom is 0.256 e. The van der Waals surface area contributed by atoms with Crippen molar-refractivity contribution in [2.24, 2.45) is 0 Å². The lowest BCUT2D eigenvalue weighted by molar-refractivity contribution is 0.0673. The molecule has 6 heteroatoms. The molecule has 0 radical (unpaired) electrons. The summed E-state index contributed by atoms with van der Waals surface area (Å²) in [7, 11) is 0. The van der Waals surface area contributed by atoms with E-state index in [-0.39, 0.29) is 11.9 Å². The summed E-state index contributed by atoms with van der Waals surface area (Å²) in [6.07, 6.45) is 5.55. The van der Waals surface area contributed by atoms with E-state index in [4.69, 9.17) is 0 Å². The number of aryl methyl sites for hydroxylation is 2. The van der Waals surface area contributed by atoms with Crippen LogP contribution in [-0.2, 0) is 0 Å². The number of hydrogen-bond donors (Lipinski definition) is 1. The van der Waals surface area contributed by atoms with Crippen LogP contribution in [0.1, 0.15) is 40.6 Å². The van der Waals surface area contributed by atoms with Gasteiger partial charge in [0.2, 0.25) is 0 Å². The summed E-state index contributed by atoms with van der Waals surface area (Å²) in [5.41, 5.74) is 3.64. The van der Waals surface area contributed by atoms with Crippen LogP contribution in [0.25, 0.3) is 11.0 Å². The minimum atomic E-state index is 0.0699. The number of nitrogens with zero attached hydrogens (tertiary/aromatic N) is 4. The first-order valence-corrected chi connectivity index (χ1v) is 8.37. The first-order valence-electron chi connectivity index (χ1n) is 8.37. The Balaban J connectivity index is 1.60. The van der Waals surface area contributed by atoms with Crippen LogP contribution in [0.5, 0.6) is 0 Å². The highest BCUT2D eigenvalue weighted by Crippen LogP contribution is 2.25. The zero-order chi connectivity index (χ0) is 16.7. The van der Waals surface area contributed by atoms with Crippen LogP contribution in [0.2, 0.25) is 0 Å². The van der Waals surface area contributed by atoms with Crippen LogP contribution in [-0.4, -0.2) is 43.6 Å². The molecule has 1 aliphatic rings. The fourth-order valence-electron chi connectivity index (χ4n) is 3.66. The van der Waals surface area contributed by atoms with Crippen molar-refractivity contribution in [1.82, 2.24) is 24.6 Å². The second-order valence-corrected chi connectivity index (χ2v) is 6.52. The van der Waals surface area contributed by atoms with Gasteiger partial charge in [0.25, 0.3) is 5.91 Å². The average Bonchev–Trinajstić information content (AvgIpc) is 3.17. The monoisotopic (exact) mass is 323 g/mol. The maximum absolute atomic E-state index is 13.0. The third-order valence-electron chi connectivity index (χ3n) is 4.76. The van der Waals surface area contributed by atoms with Crippen LogP contribution in [0.4, 0.5) is 0 Å². The molecule has 4 rings (SSSR count). The molecule has 1 fully saturated rings. The molecular weight excluding hydrogens is 302 g/mol. The molecule has 0 aliphatic carbocycles. The summed E-state index contributed by atoms with van der Waals surface area (Å²) < 4.78 is 2.07. The Kier molecular flexibility index (Phi) is 3.59. The molecule has 3 aromatic heterocycles. The number of rotatable bonds is 2. The molecule has 6 nitrogen and oxygen atoms in total. The van der Waals surface area contributed by atoms with Gasteiger partial charge in [-0.3, -0.25) is 9.48 Å². The molecular formula is C18H21N5O. The standard InChI is InChI=1S/C18H21N5O/c1-12-9-13(2)23(21-12)14-5-4-8-22(11-14)18(24)16-10-20-17-15(16)6-3-7-19-17/h3,6-7,9-10,14H,4-5,8,11H2,1-2H3,(H,19,20). The highest BCUT2D eigenvalue weighted by atomic mass is 16.2. The Morgan fingerprint density at radius 1 is 1.38 bits per heavy atom. The van der Waals surface area contributed by atoms with Gasteiger partial charge >= 0.3 is 0 Å². The van der Waals surface area contributed by atoms with Crippen molar-refractivity contribution in [3.05, 3.63) is 47.5 Å². The normalized spacial score (nSPS) is 18.2. The largest absolute Gasteiger partial charge is 0.345 e. The van der Waals surface area contributed by atoms with Crippen molar-refractivity contribution >= 4 is 16.9 Å². The molecule has 1 atom stereocenters. The molecule has 0 spiro atoms. The number of amides is 1. The third-order valence-corrected chi connectivity index (χ3v) is 4.76. The van der Waals surface area contributed by atoms with E-state index in [0.29, 0.717) is 12.1 Å². The molecule has 4 heterocycles. The number of aromatic nitrogens is 4. The van der Waals surface area contributed by atoms with Gasteiger partial charge in [-0.05, 0) is 44.9 Å². The summed E-state index contributed by atoms with van der Waals surface area (Å²) >= 11 is 0. The second kappa shape index (κ2) is 5.78. The van der Waals surface area contributed by atoms with Crippen LogP contribution in [0, 0.1) is 13.8 Å². The van der Waals surface area contributed by atoms with Gasteiger partial charge in [-0.1, -0.05) is 0 Å². The van der Waals surface area contributed by atoms with Crippen LogP contribution in [0.3, 0.4) is 0 Å². The van der Waals surface area contributed by atoms with E-state index in [2.05, 4.69) is 32.7 Å². The van der Waals surface area contributed by atoms with Crippen molar-refractivity contribution in [3.63, 3.8) is 0 Å². The summed E-state index contributed by atoms with van der Waals surface area (Å²) in [5, 5.41) is 5.49. The zero-order valence-corrected chi connectivity index (χ0v) is 14.0. The van der Waals surface area contributed by atoms with Gasteiger partial charge in [-0.2, -0.15) is 5.10 Å². The number of likely N-dealkylation sites (tertiary alicyclic amines) is 1. The highest BCUT2D eigenvalue weighted by molar-refractivity contribution is 6.05. The van der Waals surface area contributed by atoms with Crippen molar-refractivity contribution in [1.29, 1.82) is 0 Å². The lowest BCUT2D eigenvalue weighted by Gasteiger charge is -2.33. The average molecular weight is 323 g/mol. The predicted octanol–water partition coefficient (Wildman–Crippen LogP) is 2.85. The van der Waals surface area contributed by atoms with E-state index in [9.17, 15) is 4.79 Å². The van der Waals surface area contributed by atoms with E-state index in [0.717, 1.165) is 41.8 Å². The summed E-state index contributed by atoms with van der Waals surface area (Å²) in [6.45, 7) is 5.58. The number of piperidine rings is 1. The van der Waals surface area contributed by atoms with Crippen LogP contribution >= 0.6 is 0 Å². The Hall–Kier alpha value is -2.63. The van der Waals surface area contributed by atoms with Gasteiger partial charge in [0.1, 0.15) is 5.65 Å². The van der Waals surface area contributed by atoms with Crippen LogP contribution in [0.15, 0.2) is 30.6 Å². The van der Waals surface area contributed by atoms with Gasteiger partial charge in [-0.15, -0.1) is 0 Å². The fraction of sp³-hybridized carbons (Fsp3) is 0.389. The molecule has 1 amide bonds. The molecule has 1 aliphatic heterocycles. The second-order valence-electron chi connectivity index (χ2n) is 6.52. The number of H-pyrrole nitrogens is 1. The van der Waals surface area contributed by atoms with Crippen molar-refractivity contribution in [2.45, 2.75) is 32.7 Å². The predicted molar refractivity (Wildman–Crippen MR) is 92.0 cm³/mol. The molecule has 1 unspecified atom stereocenters. The first kappa shape index (κ1) is 14.9. The molecule has 1 saturated heterocycles. The number of carbonyl (C=O) groups is 1. The fourth-order valence-corrected chi connectivity index (χ4v) is 3.66. The maximum atomic E-state index is 13.0. The first-order chi connectivity index (χ1) is 11.6. The van der Waals surface area contributed by atoms with Crippen molar-refractivity contribution in [2.75, 3.05) is 13.1 Å². The molecule has 0 bridgehead atoms.